The highest BCUT2D eigenvalue weighted by Crippen LogP contribution is 2.44. The van der Waals surface area contributed by atoms with Crippen LogP contribution in [-0.2, 0) is 0 Å². The first-order valence-electron chi connectivity index (χ1n) is 18.9. The Labute approximate surface area is 324 Å². The van der Waals surface area contributed by atoms with E-state index in [-0.39, 0.29) is 0 Å². The second-order valence-corrected chi connectivity index (χ2v) is 13.9. The molecule has 0 aliphatic heterocycles. The van der Waals surface area contributed by atoms with Gasteiger partial charge in [0.1, 0.15) is 16.7 Å². The summed E-state index contributed by atoms with van der Waals surface area (Å²) in [5, 5.41) is 4.48. The number of nitrogens with zero attached hydrogens (tertiary/aromatic N) is 2. The zero-order valence-electron chi connectivity index (χ0n) is 30.8. The van der Waals surface area contributed by atoms with Gasteiger partial charge in [-0.25, -0.2) is 4.98 Å². The number of oxazole rings is 1. The topological polar surface area (TPSA) is 42.4 Å². The van der Waals surface area contributed by atoms with Gasteiger partial charge in [0.05, 0.1) is 5.56 Å². The fourth-order valence-corrected chi connectivity index (χ4v) is 8.00. The van der Waals surface area contributed by atoms with Crippen LogP contribution in [0.5, 0.6) is 0 Å². The smallest absolute Gasteiger partial charge is 0.227 e. The Bertz CT molecular complexity index is 3080. The molecule has 56 heavy (non-hydrogen) atoms. The monoisotopic (exact) mass is 720 g/mol. The van der Waals surface area contributed by atoms with E-state index in [4.69, 9.17) is 13.8 Å². The third-order valence-corrected chi connectivity index (χ3v) is 10.6. The molecule has 0 radical (unpaired) electrons. The molecule has 4 nitrogen and oxygen atoms in total. The van der Waals surface area contributed by atoms with Crippen LogP contribution in [-0.4, -0.2) is 4.98 Å². The molecule has 10 aromatic rings. The second-order valence-electron chi connectivity index (χ2n) is 13.9. The Kier molecular flexibility index (Phi) is 8.15. The number of benzene rings is 8. The highest BCUT2D eigenvalue weighted by molar-refractivity contribution is 6.16. The minimum absolute atomic E-state index is 0.580. The van der Waals surface area contributed by atoms with E-state index in [9.17, 15) is 0 Å². The quantitative estimate of drug-likeness (QED) is 0.157. The lowest BCUT2D eigenvalue weighted by molar-refractivity contribution is 0.619. The Morgan fingerprint density at radius 1 is 0.536 bits per heavy atom. The average Bonchev–Trinajstić information content (AvgIpc) is 3.86. The van der Waals surface area contributed by atoms with E-state index in [0.717, 1.165) is 77.9 Å². The highest BCUT2D eigenvalue weighted by Gasteiger charge is 2.22. The van der Waals surface area contributed by atoms with E-state index in [1.807, 2.05) is 60.7 Å². The summed E-state index contributed by atoms with van der Waals surface area (Å²) in [7, 11) is 0. The van der Waals surface area contributed by atoms with Crippen molar-refractivity contribution in [1.29, 1.82) is 0 Å². The molecule has 8 aromatic carbocycles. The number of rotatable bonds is 8. The molecule has 266 valence electrons. The molecule has 10 rings (SSSR count). The van der Waals surface area contributed by atoms with Crippen LogP contribution >= 0.6 is 0 Å². The van der Waals surface area contributed by atoms with Crippen LogP contribution in [0.3, 0.4) is 0 Å². The summed E-state index contributed by atoms with van der Waals surface area (Å²) in [5.41, 5.74) is 13.6. The predicted molar refractivity (Wildman–Crippen MR) is 235 cm³/mol. The van der Waals surface area contributed by atoms with E-state index in [2.05, 4.69) is 146 Å². The molecule has 0 atom stereocenters. The maximum absolute atomic E-state index is 6.58. The molecular weight excluding hydrogens is 685 g/mol. The Balaban J connectivity index is 1.09. The SMILES string of the molecule is C=Cc1c(-c2ccc(N(c3ccccc3)c3ccc(-c4c5oc(-c6ccccc6)nc5cc5c4oc4ccccc45)cc3)cc2)cc2ccccc2c1/C=C\C. The van der Waals surface area contributed by atoms with Crippen LogP contribution in [0.2, 0.25) is 0 Å². The molecule has 0 fully saturated rings. The van der Waals surface area contributed by atoms with E-state index in [1.165, 1.54) is 16.3 Å². The number of hydrogen-bond donors (Lipinski definition) is 0. The molecule has 4 heteroatoms. The number of para-hydroxylation sites is 2. The van der Waals surface area contributed by atoms with Crippen LogP contribution in [0.1, 0.15) is 18.1 Å². The van der Waals surface area contributed by atoms with E-state index in [0.29, 0.717) is 11.5 Å². The molecule has 0 amide bonds. The summed E-state index contributed by atoms with van der Waals surface area (Å²) in [6.45, 7) is 6.28. The summed E-state index contributed by atoms with van der Waals surface area (Å²) >= 11 is 0. The lowest BCUT2D eigenvalue weighted by Crippen LogP contribution is -2.09. The standard InChI is InChI=1S/C52H36N2O2/c1-3-15-43-41(4-2)45(32-37-18-11-12-21-42(37)43)34-24-28-39(29-25-34)54(38-19-9-6-10-20-38)40-30-26-35(27-31-40)49-50-46(44-22-13-14-23-48(44)55-50)33-47-51(49)56-52(53-47)36-16-7-5-8-17-36/h3-33H,2H2,1H3/b15-3-. The zero-order valence-corrected chi connectivity index (χ0v) is 30.8. The van der Waals surface area contributed by atoms with Crippen molar-refractivity contribution in [3.8, 4) is 33.7 Å². The van der Waals surface area contributed by atoms with Gasteiger partial charge in [0.2, 0.25) is 5.89 Å². The molecule has 0 unspecified atom stereocenters. The second kappa shape index (κ2) is 13.8. The van der Waals surface area contributed by atoms with Crippen LogP contribution in [0.4, 0.5) is 17.1 Å². The van der Waals surface area contributed by atoms with E-state index < -0.39 is 0 Å². The Morgan fingerprint density at radius 3 is 1.88 bits per heavy atom. The molecule has 0 N–H and O–H groups in total. The first-order valence-corrected chi connectivity index (χ1v) is 18.9. The summed E-state index contributed by atoms with van der Waals surface area (Å²) in [4.78, 5) is 7.26. The maximum atomic E-state index is 6.58. The van der Waals surface area contributed by atoms with E-state index in [1.54, 1.807) is 0 Å². The average molecular weight is 721 g/mol. The van der Waals surface area contributed by atoms with Crippen molar-refractivity contribution in [1.82, 2.24) is 4.98 Å². The van der Waals surface area contributed by atoms with Crippen LogP contribution < -0.4 is 4.90 Å². The lowest BCUT2D eigenvalue weighted by Gasteiger charge is -2.26. The van der Waals surface area contributed by atoms with Gasteiger partial charge in [-0.2, -0.15) is 0 Å². The van der Waals surface area contributed by atoms with Gasteiger partial charge in [0.25, 0.3) is 0 Å². The number of furan rings is 1. The normalized spacial score (nSPS) is 11.7. The van der Waals surface area contributed by atoms with Crippen molar-refractivity contribution in [2.45, 2.75) is 6.92 Å². The van der Waals surface area contributed by atoms with Gasteiger partial charge in [0, 0.05) is 33.4 Å². The molecular formula is C52H36N2O2. The number of allylic oxidation sites excluding steroid dienone is 1. The third kappa shape index (κ3) is 5.59. The van der Waals surface area contributed by atoms with Crippen molar-refractivity contribution < 1.29 is 8.83 Å². The number of aromatic nitrogens is 1. The summed E-state index contributed by atoms with van der Waals surface area (Å²) < 4.78 is 13.2. The highest BCUT2D eigenvalue weighted by atomic mass is 16.4. The minimum Gasteiger partial charge on any atom is -0.455 e. The molecule has 0 saturated carbocycles. The molecule has 0 saturated heterocycles. The molecule has 2 aromatic heterocycles. The lowest BCUT2D eigenvalue weighted by atomic mass is 9.90. The first kappa shape index (κ1) is 33.2. The third-order valence-electron chi connectivity index (χ3n) is 10.6. The minimum atomic E-state index is 0.580. The maximum Gasteiger partial charge on any atom is 0.227 e. The summed E-state index contributed by atoms with van der Waals surface area (Å²) in [5.74, 6) is 0.580. The van der Waals surface area contributed by atoms with Gasteiger partial charge in [-0.15, -0.1) is 0 Å². The molecule has 0 aliphatic rings. The van der Waals surface area contributed by atoms with Crippen molar-refractivity contribution in [3.63, 3.8) is 0 Å². The fraction of sp³-hybridized carbons (Fsp3) is 0.0192. The van der Waals surface area contributed by atoms with Crippen LogP contribution in [0, 0.1) is 0 Å². The zero-order chi connectivity index (χ0) is 37.6. The van der Waals surface area contributed by atoms with Gasteiger partial charge >= 0.3 is 0 Å². The van der Waals surface area contributed by atoms with Gasteiger partial charge < -0.3 is 13.7 Å². The first-order chi connectivity index (χ1) is 27.7. The van der Waals surface area contributed by atoms with Crippen molar-refractivity contribution >= 4 is 73.0 Å². The Morgan fingerprint density at radius 2 is 1.16 bits per heavy atom. The molecule has 0 aliphatic carbocycles. The van der Waals surface area contributed by atoms with Gasteiger partial charge in [-0.3, -0.25) is 0 Å². The molecule has 0 bridgehead atoms. The van der Waals surface area contributed by atoms with Gasteiger partial charge in [-0.1, -0.05) is 128 Å². The summed E-state index contributed by atoms with van der Waals surface area (Å²) in [6.07, 6.45) is 6.25. The van der Waals surface area contributed by atoms with Gasteiger partial charge in [-0.05, 0) is 112 Å². The van der Waals surface area contributed by atoms with Gasteiger partial charge in [0.15, 0.2) is 5.58 Å². The van der Waals surface area contributed by atoms with Crippen molar-refractivity contribution in [2.75, 3.05) is 4.90 Å². The van der Waals surface area contributed by atoms with Crippen LogP contribution in [0.25, 0.3) is 89.7 Å². The largest absolute Gasteiger partial charge is 0.455 e. The number of anilines is 3. The fourth-order valence-electron chi connectivity index (χ4n) is 8.00. The van der Waals surface area contributed by atoms with Crippen LogP contribution in [0.15, 0.2) is 191 Å². The number of hydrogen-bond acceptors (Lipinski definition) is 4. The number of fused-ring (bicyclic) bond motifs is 5. The Hall–Kier alpha value is -7.43. The molecule has 2 heterocycles. The van der Waals surface area contributed by atoms with Crippen molar-refractivity contribution in [3.05, 3.63) is 194 Å². The predicted octanol–water partition coefficient (Wildman–Crippen LogP) is 15.0. The summed E-state index contributed by atoms with van der Waals surface area (Å²) in [6, 6.07) is 59.0. The van der Waals surface area contributed by atoms with Crippen molar-refractivity contribution in [2.24, 2.45) is 0 Å². The van der Waals surface area contributed by atoms with E-state index >= 15 is 0 Å². The molecule has 0 spiro atoms.